The summed E-state index contributed by atoms with van der Waals surface area (Å²) in [6.45, 7) is 3.85. The molecule has 0 aromatic heterocycles. The molecule has 0 spiro atoms. The third-order valence-corrected chi connectivity index (χ3v) is 4.73. The van der Waals surface area contributed by atoms with E-state index in [9.17, 15) is 15.0 Å². The highest BCUT2D eigenvalue weighted by molar-refractivity contribution is 5.92. The zero-order chi connectivity index (χ0) is 18.0. The number of carbonyl (C=O) groups is 1. The Balaban J connectivity index is 2.37. The van der Waals surface area contributed by atoms with Crippen LogP contribution in [0, 0.1) is 6.92 Å². The Kier molecular flexibility index (Phi) is 4.32. The maximum Gasteiger partial charge on any atom is 0.339 e. The van der Waals surface area contributed by atoms with Crippen molar-refractivity contribution in [3.05, 3.63) is 101 Å². The number of rotatable bonds is 4. The molecule has 25 heavy (non-hydrogen) atoms. The van der Waals surface area contributed by atoms with Crippen molar-refractivity contribution in [3.8, 4) is 5.75 Å². The molecule has 3 nitrogen and oxygen atoms in total. The van der Waals surface area contributed by atoms with E-state index in [1.807, 2.05) is 80.6 Å². The number of phenols is 1. The van der Waals surface area contributed by atoms with Gasteiger partial charge in [0.05, 0.1) is 0 Å². The molecule has 0 saturated carbocycles. The fourth-order valence-electron chi connectivity index (χ4n) is 3.34. The molecule has 126 valence electrons. The molecule has 0 saturated heterocycles. The van der Waals surface area contributed by atoms with Crippen LogP contribution in [0.25, 0.3) is 0 Å². The van der Waals surface area contributed by atoms with Crippen molar-refractivity contribution >= 4 is 5.97 Å². The average Bonchev–Trinajstić information content (AvgIpc) is 2.64. The summed E-state index contributed by atoms with van der Waals surface area (Å²) < 4.78 is 0. The van der Waals surface area contributed by atoms with Gasteiger partial charge in [0.15, 0.2) is 0 Å². The molecule has 0 radical (unpaired) electrons. The van der Waals surface area contributed by atoms with E-state index in [0.717, 1.165) is 16.7 Å². The SMILES string of the molecule is Cc1cc(C(=O)O)c(O)c(C(C)(c2ccccc2)c2ccccc2)c1. The van der Waals surface area contributed by atoms with Crippen LogP contribution in [0.3, 0.4) is 0 Å². The van der Waals surface area contributed by atoms with Gasteiger partial charge in [0.1, 0.15) is 11.3 Å². The van der Waals surface area contributed by atoms with Gasteiger partial charge in [-0.2, -0.15) is 0 Å². The second-order valence-corrected chi connectivity index (χ2v) is 6.37. The first-order chi connectivity index (χ1) is 11.9. The van der Waals surface area contributed by atoms with Crippen molar-refractivity contribution in [2.45, 2.75) is 19.3 Å². The smallest absolute Gasteiger partial charge is 0.339 e. The zero-order valence-corrected chi connectivity index (χ0v) is 14.2. The van der Waals surface area contributed by atoms with Gasteiger partial charge < -0.3 is 10.2 Å². The minimum absolute atomic E-state index is 0.0758. The van der Waals surface area contributed by atoms with E-state index in [4.69, 9.17) is 0 Å². The van der Waals surface area contributed by atoms with Crippen molar-refractivity contribution in [1.29, 1.82) is 0 Å². The molecule has 0 amide bonds. The van der Waals surface area contributed by atoms with Gasteiger partial charge in [-0.25, -0.2) is 4.79 Å². The number of aromatic carboxylic acids is 1. The van der Waals surface area contributed by atoms with E-state index in [2.05, 4.69) is 0 Å². The van der Waals surface area contributed by atoms with E-state index in [-0.39, 0.29) is 11.3 Å². The minimum atomic E-state index is -1.13. The van der Waals surface area contributed by atoms with Crippen LogP contribution in [0.2, 0.25) is 0 Å². The molecule has 0 unspecified atom stereocenters. The Morgan fingerprint density at radius 1 is 0.880 bits per heavy atom. The Morgan fingerprint density at radius 3 is 1.80 bits per heavy atom. The topological polar surface area (TPSA) is 57.5 Å². The standard InChI is InChI=1S/C22H20O3/c1-15-13-18(21(24)25)20(23)19(14-15)22(2,16-9-5-3-6-10-16)17-11-7-4-8-12-17/h3-14,23H,1-2H3,(H,24,25). The Bertz CT molecular complexity index is 860. The number of benzene rings is 3. The Hall–Kier alpha value is -3.07. The normalized spacial score (nSPS) is 11.3. The molecule has 0 atom stereocenters. The first-order valence-corrected chi connectivity index (χ1v) is 8.13. The molecular formula is C22H20O3. The van der Waals surface area contributed by atoms with Crippen LogP contribution < -0.4 is 0 Å². The number of hydrogen-bond acceptors (Lipinski definition) is 2. The maximum absolute atomic E-state index is 11.6. The summed E-state index contributed by atoms with van der Waals surface area (Å²) in [7, 11) is 0. The quantitative estimate of drug-likeness (QED) is 0.678. The predicted octanol–water partition coefficient (Wildman–Crippen LogP) is 4.75. The third-order valence-electron chi connectivity index (χ3n) is 4.73. The summed E-state index contributed by atoms with van der Waals surface area (Å²) in [6.07, 6.45) is 0. The number of hydrogen-bond donors (Lipinski definition) is 2. The lowest BCUT2D eigenvalue weighted by Gasteiger charge is -2.33. The van der Waals surface area contributed by atoms with Crippen molar-refractivity contribution in [2.24, 2.45) is 0 Å². The molecule has 3 aromatic rings. The fourth-order valence-corrected chi connectivity index (χ4v) is 3.34. The maximum atomic E-state index is 11.6. The Labute approximate surface area is 147 Å². The highest BCUT2D eigenvalue weighted by Gasteiger charge is 2.35. The van der Waals surface area contributed by atoms with Crippen molar-refractivity contribution in [3.63, 3.8) is 0 Å². The Morgan fingerprint density at radius 2 is 1.36 bits per heavy atom. The van der Waals surface area contributed by atoms with Crippen LogP contribution in [0.5, 0.6) is 5.75 Å². The van der Waals surface area contributed by atoms with Gasteiger partial charge in [-0.1, -0.05) is 66.7 Å². The van der Waals surface area contributed by atoms with Gasteiger partial charge in [0, 0.05) is 11.0 Å². The molecule has 0 heterocycles. The summed E-state index contributed by atoms with van der Waals surface area (Å²) in [5, 5.41) is 20.2. The lowest BCUT2D eigenvalue weighted by molar-refractivity contribution is 0.0693. The molecule has 3 aromatic carbocycles. The molecule has 0 fully saturated rings. The molecule has 0 aliphatic carbocycles. The van der Waals surface area contributed by atoms with Gasteiger partial charge in [-0.3, -0.25) is 0 Å². The predicted molar refractivity (Wildman–Crippen MR) is 98.2 cm³/mol. The van der Waals surface area contributed by atoms with E-state index < -0.39 is 11.4 Å². The number of aromatic hydroxyl groups is 1. The van der Waals surface area contributed by atoms with Crippen LogP contribution in [0.4, 0.5) is 0 Å². The molecule has 3 rings (SSSR count). The van der Waals surface area contributed by atoms with Crippen molar-refractivity contribution < 1.29 is 15.0 Å². The molecule has 3 heteroatoms. The summed E-state index contributed by atoms with van der Waals surface area (Å²) >= 11 is 0. The molecule has 2 N–H and O–H groups in total. The molecule has 0 aliphatic heterocycles. The average molecular weight is 332 g/mol. The third kappa shape index (κ3) is 2.89. The fraction of sp³-hybridized carbons (Fsp3) is 0.136. The van der Waals surface area contributed by atoms with Gasteiger partial charge in [-0.05, 0) is 36.6 Å². The van der Waals surface area contributed by atoms with Crippen LogP contribution in [-0.2, 0) is 5.41 Å². The van der Waals surface area contributed by atoms with Gasteiger partial charge in [-0.15, -0.1) is 0 Å². The van der Waals surface area contributed by atoms with Gasteiger partial charge in [0.25, 0.3) is 0 Å². The van der Waals surface area contributed by atoms with E-state index in [1.54, 1.807) is 0 Å². The van der Waals surface area contributed by atoms with E-state index >= 15 is 0 Å². The van der Waals surface area contributed by atoms with Crippen LogP contribution in [0.15, 0.2) is 72.8 Å². The van der Waals surface area contributed by atoms with Gasteiger partial charge >= 0.3 is 5.97 Å². The second kappa shape index (κ2) is 6.44. The van der Waals surface area contributed by atoms with Crippen LogP contribution in [0.1, 0.15) is 39.5 Å². The first-order valence-electron chi connectivity index (χ1n) is 8.13. The van der Waals surface area contributed by atoms with Crippen molar-refractivity contribution in [2.75, 3.05) is 0 Å². The highest BCUT2D eigenvalue weighted by Crippen LogP contribution is 2.44. The minimum Gasteiger partial charge on any atom is -0.507 e. The van der Waals surface area contributed by atoms with E-state index in [0.29, 0.717) is 5.56 Å². The summed E-state index contributed by atoms with van der Waals surface area (Å²) in [6, 6.07) is 23.0. The van der Waals surface area contributed by atoms with Crippen molar-refractivity contribution in [1.82, 2.24) is 0 Å². The molecular weight excluding hydrogens is 312 g/mol. The molecule has 0 bridgehead atoms. The summed E-state index contributed by atoms with van der Waals surface area (Å²) in [5.74, 6) is -1.32. The number of carboxylic acids is 1. The van der Waals surface area contributed by atoms with Crippen LogP contribution in [-0.4, -0.2) is 16.2 Å². The lowest BCUT2D eigenvalue weighted by Crippen LogP contribution is -2.26. The van der Waals surface area contributed by atoms with Crippen LogP contribution >= 0.6 is 0 Å². The van der Waals surface area contributed by atoms with E-state index in [1.165, 1.54) is 6.07 Å². The summed E-state index contributed by atoms with van der Waals surface area (Å²) in [5.41, 5.74) is 2.60. The number of aryl methyl sites for hydroxylation is 1. The highest BCUT2D eigenvalue weighted by atomic mass is 16.4. The number of carboxylic acid groups (broad SMARTS) is 1. The largest absolute Gasteiger partial charge is 0.507 e. The monoisotopic (exact) mass is 332 g/mol. The summed E-state index contributed by atoms with van der Waals surface area (Å²) in [4.78, 5) is 11.6. The second-order valence-electron chi connectivity index (χ2n) is 6.37. The van der Waals surface area contributed by atoms with Gasteiger partial charge in [0.2, 0.25) is 0 Å². The first kappa shape index (κ1) is 16.8. The zero-order valence-electron chi connectivity index (χ0n) is 14.2. The lowest BCUT2D eigenvalue weighted by atomic mass is 9.70. The molecule has 0 aliphatic rings.